The van der Waals surface area contributed by atoms with Gasteiger partial charge in [-0.3, -0.25) is 5.32 Å². The number of aromatic nitrogens is 2. The maximum atomic E-state index is 12.8. The van der Waals surface area contributed by atoms with Crippen LogP contribution in [0.25, 0.3) is 22.2 Å². The van der Waals surface area contributed by atoms with E-state index in [1.807, 2.05) is 25.2 Å². The number of anilines is 2. The molecule has 1 aromatic heterocycles. The van der Waals surface area contributed by atoms with Gasteiger partial charge in [-0.05, 0) is 123 Å². The largest absolute Gasteiger partial charge is 0.573 e. The number of hydrogen-bond donors (Lipinski definition) is 3. The SMILES string of the molecule is CNCOC(=O)c1ccc(-c2ccc3c(c2)nc(Nc2ccc(OC(F)(F)F)cc2)n3[C@H]2C[C@@H](CNC)CC(C(C)C)(C(C)C)C2)cc1. The summed E-state index contributed by atoms with van der Waals surface area (Å²) in [7, 11) is 3.71. The first-order valence-electron chi connectivity index (χ1n) is 16.5. The molecule has 3 N–H and O–H groups in total. The van der Waals surface area contributed by atoms with Crippen molar-refractivity contribution < 1.29 is 27.4 Å². The summed E-state index contributed by atoms with van der Waals surface area (Å²) in [5.41, 5.74) is 4.82. The molecule has 1 heterocycles. The quantitative estimate of drug-likeness (QED) is 0.103. The number of rotatable bonds is 12. The number of alkyl halides is 3. The minimum atomic E-state index is -4.76. The molecule has 1 fully saturated rings. The molecule has 1 aliphatic carbocycles. The predicted octanol–water partition coefficient (Wildman–Crippen LogP) is 8.54. The summed E-state index contributed by atoms with van der Waals surface area (Å²) in [6.45, 7) is 10.3. The molecule has 11 heteroatoms. The van der Waals surface area contributed by atoms with Crippen molar-refractivity contribution in [2.45, 2.75) is 59.4 Å². The smallest absolute Gasteiger partial charge is 0.446 e. The Hall–Kier alpha value is -4.09. The van der Waals surface area contributed by atoms with Crippen LogP contribution in [0.5, 0.6) is 5.75 Å². The van der Waals surface area contributed by atoms with E-state index in [0.717, 1.165) is 48.0 Å². The Morgan fingerprint density at radius 2 is 1.60 bits per heavy atom. The Morgan fingerprint density at radius 3 is 2.21 bits per heavy atom. The van der Waals surface area contributed by atoms with Gasteiger partial charge in [-0.1, -0.05) is 45.9 Å². The highest BCUT2D eigenvalue weighted by Gasteiger charge is 2.45. The third kappa shape index (κ3) is 7.79. The van der Waals surface area contributed by atoms with Crippen LogP contribution in [0.4, 0.5) is 24.8 Å². The van der Waals surface area contributed by atoms with Crippen molar-refractivity contribution in [2.24, 2.45) is 23.2 Å². The number of esters is 1. The number of imidazole rings is 1. The molecule has 3 aromatic carbocycles. The number of halogens is 3. The van der Waals surface area contributed by atoms with Gasteiger partial charge in [0.1, 0.15) is 12.5 Å². The van der Waals surface area contributed by atoms with Gasteiger partial charge in [-0.2, -0.15) is 0 Å². The number of ether oxygens (including phenoxy) is 2. The monoisotopic (exact) mass is 665 g/mol. The molecule has 8 nitrogen and oxygen atoms in total. The summed E-state index contributed by atoms with van der Waals surface area (Å²) in [5, 5.41) is 9.63. The second kappa shape index (κ2) is 14.6. The maximum absolute atomic E-state index is 12.8. The van der Waals surface area contributed by atoms with Gasteiger partial charge in [0.2, 0.25) is 5.95 Å². The normalized spacial score (nSPS) is 18.0. The molecule has 4 aromatic rings. The lowest BCUT2D eigenvalue weighted by Gasteiger charge is -2.50. The van der Waals surface area contributed by atoms with Gasteiger partial charge in [-0.15, -0.1) is 13.2 Å². The van der Waals surface area contributed by atoms with Crippen molar-refractivity contribution in [1.29, 1.82) is 0 Å². The molecule has 0 amide bonds. The molecular formula is C37H46F3N5O3. The van der Waals surface area contributed by atoms with Gasteiger partial charge in [0.15, 0.2) is 0 Å². The van der Waals surface area contributed by atoms with Gasteiger partial charge in [0.25, 0.3) is 0 Å². The fourth-order valence-electron chi connectivity index (χ4n) is 7.49. The van der Waals surface area contributed by atoms with Crippen molar-refractivity contribution in [3.63, 3.8) is 0 Å². The molecule has 0 saturated heterocycles. The van der Waals surface area contributed by atoms with Gasteiger partial charge in [-0.25, -0.2) is 9.78 Å². The Balaban J connectivity index is 1.56. The van der Waals surface area contributed by atoms with Crippen molar-refractivity contribution >= 4 is 28.6 Å². The average Bonchev–Trinajstić information content (AvgIpc) is 3.40. The summed E-state index contributed by atoms with van der Waals surface area (Å²) in [5.74, 6) is 1.34. The lowest BCUT2D eigenvalue weighted by molar-refractivity contribution is -0.274. The van der Waals surface area contributed by atoms with Gasteiger partial charge in [0.05, 0.1) is 16.6 Å². The van der Waals surface area contributed by atoms with Crippen molar-refractivity contribution in [3.8, 4) is 16.9 Å². The number of nitrogens with one attached hydrogen (secondary N) is 3. The second-order valence-electron chi connectivity index (χ2n) is 13.5. The second-order valence-corrected chi connectivity index (χ2v) is 13.5. The molecule has 48 heavy (non-hydrogen) atoms. The number of carbonyl (C=O) groups excluding carboxylic acids is 1. The first-order chi connectivity index (χ1) is 22.8. The molecule has 0 spiro atoms. The number of hydrogen-bond acceptors (Lipinski definition) is 7. The van der Waals surface area contributed by atoms with Crippen LogP contribution < -0.4 is 20.7 Å². The number of fused-ring (bicyclic) bond motifs is 1. The number of carbonyl (C=O) groups is 1. The van der Waals surface area contributed by atoms with Crippen molar-refractivity contribution in [3.05, 3.63) is 72.3 Å². The summed E-state index contributed by atoms with van der Waals surface area (Å²) in [6, 6.07) is 19.3. The van der Waals surface area contributed by atoms with E-state index in [1.54, 1.807) is 31.3 Å². The van der Waals surface area contributed by atoms with Gasteiger partial charge >= 0.3 is 12.3 Å². The van der Waals surface area contributed by atoms with Crippen molar-refractivity contribution in [1.82, 2.24) is 20.2 Å². The maximum Gasteiger partial charge on any atom is 0.573 e. The van der Waals surface area contributed by atoms with Crippen LogP contribution in [0.2, 0.25) is 0 Å². The van der Waals surface area contributed by atoms with E-state index in [1.165, 1.54) is 12.1 Å². The van der Waals surface area contributed by atoms with E-state index >= 15 is 0 Å². The zero-order valence-electron chi connectivity index (χ0n) is 28.4. The summed E-state index contributed by atoms with van der Waals surface area (Å²) in [4.78, 5) is 17.4. The van der Waals surface area contributed by atoms with E-state index in [9.17, 15) is 18.0 Å². The lowest BCUT2D eigenvalue weighted by Crippen LogP contribution is -2.44. The zero-order valence-corrected chi connectivity index (χ0v) is 28.4. The van der Waals surface area contributed by atoms with Crippen LogP contribution in [0.1, 0.15) is 63.4 Å². The summed E-state index contributed by atoms with van der Waals surface area (Å²) in [6.07, 6.45) is -1.68. The molecule has 1 aliphatic rings. The fourth-order valence-corrected chi connectivity index (χ4v) is 7.49. The van der Waals surface area contributed by atoms with Crippen LogP contribution in [0, 0.1) is 23.2 Å². The van der Waals surface area contributed by atoms with Gasteiger partial charge < -0.3 is 24.7 Å². The van der Waals surface area contributed by atoms with E-state index in [0.29, 0.717) is 35.0 Å². The molecule has 258 valence electrons. The zero-order chi connectivity index (χ0) is 34.6. The van der Waals surface area contributed by atoms with Crippen LogP contribution in [0.15, 0.2) is 66.7 Å². The molecule has 1 saturated carbocycles. The molecule has 0 bridgehead atoms. The highest BCUT2D eigenvalue weighted by molar-refractivity contribution is 5.90. The third-order valence-electron chi connectivity index (χ3n) is 9.88. The first kappa shape index (κ1) is 35.2. The standard InChI is InChI=1S/C37H46F3N5O3/c1-23(2)36(24(3)4)19-25(21-41-5)17-30(20-36)45-33-16-11-28(26-7-9-27(10-8-26)34(46)47-22-42-6)18-32(33)44-35(45)43-29-12-14-31(15-13-29)48-37(38,39)40/h7-16,18,23-25,30,41-42H,17,19-22H2,1-6H3,(H,43,44)/t25-,30+/m1/s1. The number of nitrogens with zero attached hydrogens (tertiary/aromatic N) is 2. The Morgan fingerprint density at radius 1 is 0.938 bits per heavy atom. The Labute approximate surface area is 280 Å². The van der Waals surface area contributed by atoms with E-state index in [-0.39, 0.29) is 23.9 Å². The van der Waals surface area contributed by atoms with Crippen LogP contribution in [0.3, 0.4) is 0 Å². The molecule has 0 unspecified atom stereocenters. The topological polar surface area (TPSA) is 89.4 Å². The predicted molar refractivity (Wildman–Crippen MR) is 183 cm³/mol. The van der Waals surface area contributed by atoms with Crippen LogP contribution in [-0.4, -0.2) is 49.3 Å². The van der Waals surface area contributed by atoms with Crippen molar-refractivity contribution in [2.75, 3.05) is 32.7 Å². The first-order valence-corrected chi connectivity index (χ1v) is 16.5. The fraction of sp³-hybridized carbons (Fsp3) is 0.459. The molecule has 2 atom stereocenters. The van der Waals surface area contributed by atoms with E-state index in [2.05, 4.69) is 65.1 Å². The summed E-state index contributed by atoms with van der Waals surface area (Å²) < 4.78 is 50.0. The molecule has 0 aliphatic heterocycles. The number of benzene rings is 3. The highest BCUT2D eigenvalue weighted by Crippen LogP contribution is 2.54. The third-order valence-corrected chi connectivity index (χ3v) is 9.88. The molecule has 5 rings (SSSR count). The lowest BCUT2D eigenvalue weighted by atomic mass is 9.57. The Bertz CT molecular complexity index is 1680. The average molecular weight is 666 g/mol. The Kier molecular flexibility index (Phi) is 10.7. The van der Waals surface area contributed by atoms with E-state index in [4.69, 9.17) is 9.72 Å². The van der Waals surface area contributed by atoms with Gasteiger partial charge in [0, 0.05) is 11.7 Å². The van der Waals surface area contributed by atoms with Crippen LogP contribution >= 0.6 is 0 Å². The minimum absolute atomic E-state index is 0.116. The molecule has 0 radical (unpaired) electrons. The highest BCUT2D eigenvalue weighted by atomic mass is 19.4. The minimum Gasteiger partial charge on any atom is -0.446 e. The van der Waals surface area contributed by atoms with Crippen LogP contribution in [-0.2, 0) is 4.74 Å². The van der Waals surface area contributed by atoms with E-state index < -0.39 is 12.3 Å². The summed E-state index contributed by atoms with van der Waals surface area (Å²) >= 11 is 0. The molecular weight excluding hydrogens is 619 g/mol.